The number of hydrogen-bond acceptors (Lipinski definition) is 2. The molecule has 138 valence electrons. The molecule has 3 aromatic carbocycles. The standard InChI is InChI=1S/C25H21NO2/c1-16-6-5-9-18-12-17-7-3-4-8-20(17)15-26-22-11-10-19(25(27)28-2)13-21(22)14-23(26)24(16)18/h3-11,13-14H,12,15H2,1-2H3. The zero-order valence-corrected chi connectivity index (χ0v) is 16.0. The van der Waals surface area contributed by atoms with Crippen molar-refractivity contribution in [3.05, 3.63) is 94.5 Å². The van der Waals surface area contributed by atoms with Crippen LogP contribution in [0.1, 0.15) is 32.6 Å². The number of rotatable bonds is 1. The number of nitrogens with zero attached hydrogens (tertiary/aromatic N) is 1. The largest absolute Gasteiger partial charge is 0.465 e. The predicted molar refractivity (Wildman–Crippen MR) is 112 cm³/mol. The molecule has 1 aliphatic heterocycles. The molecule has 0 N–H and O–H groups in total. The molecule has 3 nitrogen and oxygen atoms in total. The summed E-state index contributed by atoms with van der Waals surface area (Å²) >= 11 is 0. The Morgan fingerprint density at radius 1 is 0.929 bits per heavy atom. The number of hydrogen-bond donors (Lipinski definition) is 0. The number of fused-ring (bicyclic) bond motifs is 6. The molecule has 0 saturated heterocycles. The van der Waals surface area contributed by atoms with Gasteiger partial charge in [0.25, 0.3) is 0 Å². The second-order valence-electron chi connectivity index (χ2n) is 7.44. The molecular weight excluding hydrogens is 346 g/mol. The lowest BCUT2D eigenvalue weighted by Crippen LogP contribution is -2.10. The van der Waals surface area contributed by atoms with Crippen molar-refractivity contribution in [2.75, 3.05) is 7.11 Å². The Labute approximate surface area is 164 Å². The average molecular weight is 367 g/mol. The molecule has 0 radical (unpaired) electrons. The minimum absolute atomic E-state index is 0.303. The topological polar surface area (TPSA) is 31.2 Å². The molecule has 1 aliphatic rings. The number of aryl methyl sites for hydroxylation is 1. The summed E-state index contributed by atoms with van der Waals surface area (Å²) in [5, 5.41) is 1.06. The van der Waals surface area contributed by atoms with Gasteiger partial charge in [0.2, 0.25) is 0 Å². The zero-order valence-electron chi connectivity index (χ0n) is 16.0. The van der Waals surface area contributed by atoms with Crippen LogP contribution in [0.3, 0.4) is 0 Å². The first-order valence-corrected chi connectivity index (χ1v) is 9.53. The van der Waals surface area contributed by atoms with E-state index >= 15 is 0 Å². The molecule has 2 heterocycles. The molecule has 0 bridgehead atoms. The minimum Gasteiger partial charge on any atom is -0.465 e. The number of esters is 1. The molecule has 0 atom stereocenters. The summed E-state index contributed by atoms with van der Waals surface area (Å²) < 4.78 is 7.28. The van der Waals surface area contributed by atoms with Crippen LogP contribution in [0.5, 0.6) is 0 Å². The first kappa shape index (κ1) is 16.8. The van der Waals surface area contributed by atoms with Gasteiger partial charge in [-0.15, -0.1) is 0 Å². The maximum Gasteiger partial charge on any atom is 0.337 e. The molecule has 0 saturated carbocycles. The molecule has 1 aromatic heterocycles. The van der Waals surface area contributed by atoms with E-state index in [9.17, 15) is 4.79 Å². The molecular formula is C25H21NO2. The number of aromatic nitrogens is 1. The van der Waals surface area contributed by atoms with Crippen LogP contribution in [0.2, 0.25) is 0 Å². The Bertz CT molecular complexity index is 1230. The van der Waals surface area contributed by atoms with Gasteiger partial charge in [-0.05, 0) is 59.9 Å². The zero-order chi connectivity index (χ0) is 19.3. The van der Waals surface area contributed by atoms with Crippen molar-refractivity contribution in [2.24, 2.45) is 0 Å². The van der Waals surface area contributed by atoms with E-state index in [1.54, 1.807) is 0 Å². The first-order chi connectivity index (χ1) is 13.7. The van der Waals surface area contributed by atoms with E-state index in [0.717, 1.165) is 23.9 Å². The van der Waals surface area contributed by atoms with Gasteiger partial charge in [-0.25, -0.2) is 4.79 Å². The van der Waals surface area contributed by atoms with Crippen molar-refractivity contribution >= 4 is 16.9 Å². The van der Waals surface area contributed by atoms with E-state index in [1.165, 1.54) is 40.6 Å². The summed E-state index contributed by atoms with van der Waals surface area (Å²) in [6, 6.07) is 23.2. The highest BCUT2D eigenvalue weighted by Gasteiger charge is 2.21. The predicted octanol–water partition coefficient (Wildman–Crippen LogP) is 5.36. The van der Waals surface area contributed by atoms with Crippen LogP contribution < -0.4 is 0 Å². The molecule has 0 aliphatic carbocycles. The second kappa shape index (κ2) is 6.38. The summed E-state index contributed by atoms with van der Waals surface area (Å²) in [6.45, 7) is 2.99. The highest BCUT2D eigenvalue weighted by atomic mass is 16.5. The number of carbonyl (C=O) groups excluding carboxylic acids is 1. The third kappa shape index (κ3) is 2.55. The minimum atomic E-state index is -0.303. The summed E-state index contributed by atoms with van der Waals surface area (Å²) in [7, 11) is 1.42. The van der Waals surface area contributed by atoms with Gasteiger partial charge in [-0.2, -0.15) is 0 Å². The van der Waals surface area contributed by atoms with Gasteiger partial charge in [-0.1, -0.05) is 42.5 Å². The fourth-order valence-electron chi connectivity index (χ4n) is 4.40. The fourth-order valence-corrected chi connectivity index (χ4v) is 4.40. The molecule has 28 heavy (non-hydrogen) atoms. The quantitative estimate of drug-likeness (QED) is 0.374. The van der Waals surface area contributed by atoms with Gasteiger partial charge in [0.05, 0.1) is 12.7 Å². The van der Waals surface area contributed by atoms with Gasteiger partial charge in [0, 0.05) is 28.7 Å². The van der Waals surface area contributed by atoms with Crippen molar-refractivity contribution in [2.45, 2.75) is 19.9 Å². The van der Waals surface area contributed by atoms with Crippen LogP contribution in [0.25, 0.3) is 22.2 Å². The molecule has 0 spiro atoms. The maximum atomic E-state index is 12.0. The third-order valence-electron chi connectivity index (χ3n) is 5.77. The van der Waals surface area contributed by atoms with Crippen molar-refractivity contribution < 1.29 is 9.53 Å². The van der Waals surface area contributed by atoms with E-state index in [4.69, 9.17) is 4.74 Å². The van der Waals surface area contributed by atoms with E-state index in [1.807, 2.05) is 18.2 Å². The van der Waals surface area contributed by atoms with Crippen molar-refractivity contribution in [1.29, 1.82) is 0 Å². The average Bonchev–Trinajstić information content (AvgIpc) is 3.04. The Balaban J connectivity index is 1.83. The summed E-state index contributed by atoms with van der Waals surface area (Å²) in [4.78, 5) is 12.0. The molecule has 0 amide bonds. The summed E-state index contributed by atoms with van der Waals surface area (Å²) in [6.07, 6.45) is 0.933. The van der Waals surface area contributed by atoms with E-state index in [2.05, 4.69) is 60.0 Å². The van der Waals surface area contributed by atoms with Crippen molar-refractivity contribution in [1.82, 2.24) is 4.57 Å². The van der Waals surface area contributed by atoms with Crippen molar-refractivity contribution in [3.63, 3.8) is 0 Å². The first-order valence-electron chi connectivity index (χ1n) is 9.53. The number of methoxy groups -OCH3 is 1. The lowest BCUT2D eigenvalue weighted by atomic mass is 9.91. The third-order valence-corrected chi connectivity index (χ3v) is 5.77. The molecule has 0 fully saturated rings. The van der Waals surface area contributed by atoms with Crippen LogP contribution in [0, 0.1) is 6.92 Å². The Hall–Kier alpha value is -3.33. The van der Waals surface area contributed by atoms with Gasteiger partial charge in [0.15, 0.2) is 0 Å². The lowest BCUT2D eigenvalue weighted by Gasteiger charge is -2.22. The Kier molecular flexibility index (Phi) is 3.83. The normalized spacial score (nSPS) is 12.5. The van der Waals surface area contributed by atoms with Crippen LogP contribution in [-0.4, -0.2) is 17.6 Å². The van der Waals surface area contributed by atoms with E-state index in [0.29, 0.717) is 5.56 Å². The van der Waals surface area contributed by atoms with Crippen LogP contribution in [0.15, 0.2) is 66.7 Å². The Morgan fingerprint density at radius 2 is 1.71 bits per heavy atom. The fraction of sp³-hybridized carbons (Fsp3) is 0.160. The molecule has 4 aromatic rings. The maximum absolute atomic E-state index is 12.0. The van der Waals surface area contributed by atoms with Crippen LogP contribution in [-0.2, 0) is 17.7 Å². The van der Waals surface area contributed by atoms with Gasteiger partial charge >= 0.3 is 5.97 Å². The van der Waals surface area contributed by atoms with Crippen LogP contribution >= 0.6 is 0 Å². The van der Waals surface area contributed by atoms with E-state index < -0.39 is 0 Å². The summed E-state index contributed by atoms with van der Waals surface area (Å²) in [5.74, 6) is -0.303. The van der Waals surface area contributed by atoms with Gasteiger partial charge in [0.1, 0.15) is 0 Å². The SMILES string of the molecule is COC(=O)c1ccc2c(c1)cc1n2Cc2ccccc2Cc2cccc(C)c2-1. The monoisotopic (exact) mass is 367 g/mol. The highest BCUT2D eigenvalue weighted by Crippen LogP contribution is 2.37. The molecule has 5 rings (SSSR count). The van der Waals surface area contributed by atoms with Crippen molar-refractivity contribution in [3.8, 4) is 11.3 Å². The Morgan fingerprint density at radius 3 is 2.54 bits per heavy atom. The number of carbonyl (C=O) groups is 1. The number of ether oxygens (including phenoxy) is 1. The second-order valence-corrected chi connectivity index (χ2v) is 7.44. The molecule has 3 heteroatoms. The highest BCUT2D eigenvalue weighted by molar-refractivity contribution is 5.97. The molecule has 0 unspecified atom stereocenters. The van der Waals surface area contributed by atoms with Crippen LogP contribution in [0.4, 0.5) is 0 Å². The van der Waals surface area contributed by atoms with Gasteiger partial charge < -0.3 is 9.30 Å². The van der Waals surface area contributed by atoms with Gasteiger partial charge in [-0.3, -0.25) is 0 Å². The lowest BCUT2D eigenvalue weighted by molar-refractivity contribution is 0.0601. The summed E-state index contributed by atoms with van der Waals surface area (Å²) in [5.41, 5.74) is 9.54. The van der Waals surface area contributed by atoms with E-state index in [-0.39, 0.29) is 5.97 Å². The number of benzene rings is 3. The smallest absolute Gasteiger partial charge is 0.337 e.